The minimum absolute atomic E-state index is 0.0351. The quantitative estimate of drug-likeness (QED) is 0.842. The highest BCUT2D eigenvalue weighted by molar-refractivity contribution is 5.77. The van der Waals surface area contributed by atoms with Crippen molar-refractivity contribution in [3.63, 3.8) is 0 Å². The number of likely N-dealkylation sites (tertiary alicyclic amines) is 1. The maximum absolute atomic E-state index is 12.2. The second-order valence-corrected chi connectivity index (χ2v) is 7.99. The lowest BCUT2D eigenvalue weighted by Crippen LogP contribution is -2.50. The molecule has 0 bridgehead atoms. The van der Waals surface area contributed by atoms with Gasteiger partial charge in [0.15, 0.2) is 0 Å². The van der Waals surface area contributed by atoms with Crippen LogP contribution in [0.2, 0.25) is 0 Å². The van der Waals surface area contributed by atoms with Crippen LogP contribution in [0.5, 0.6) is 0 Å². The van der Waals surface area contributed by atoms with E-state index in [4.69, 9.17) is 0 Å². The summed E-state index contributed by atoms with van der Waals surface area (Å²) in [4.78, 5) is 26.1. The van der Waals surface area contributed by atoms with Crippen LogP contribution in [0.1, 0.15) is 65.7 Å². The van der Waals surface area contributed by atoms with Gasteiger partial charge in [0, 0.05) is 31.6 Å². The van der Waals surface area contributed by atoms with E-state index in [9.17, 15) is 9.59 Å². The lowest BCUT2D eigenvalue weighted by atomic mass is 9.91. The van der Waals surface area contributed by atoms with E-state index < -0.39 is 0 Å². The van der Waals surface area contributed by atoms with Gasteiger partial charge in [-0.15, -0.1) is 0 Å². The maximum atomic E-state index is 12.2. The average molecular weight is 309 g/mol. The fraction of sp³-hybridized carbons (Fsp3) is 0.882. The van der Waals surface area contributed by atoms with Crippen LogP contribution in [0.3, 0.4) is 0 Å². The molecule has 0 radical (unpaired) electrons. The summed E-state index contributed by atoms with van der Waals surface area (Å²) >= 11 is 0. The van der Waals surface area contributed by atoms with Crippen LogP contribution in [0.4, 0.5) is 4.79 Å². The topological polar surface area (TPSA) is 61.4 Å². The fourth-order valence-corrected chi connectivity index (χ4v) is 3.32. The van der Waals surface area contributed by atoms with Gasteiger partial charge in [0.05, 0.1) is 0 Å². The summed E-state index contributed by atoms with van der Waals surface area (Å²) in [5, 5.41) is 6.13. The average Bonchev–Trinajstić information content (AvgIpc) is 2.90. The smallest absolute Gasteiger partial charge is 0.315 e. The van der Waals surface area contributed by atoms with Gasteiger partial charge in [-0.25, -0.2) is 4.79 Å². The van der Waals surface area contributed by atoms with Crippen molar-refractivity contribution < 1.29 is 9.59 Å². The second kappa shape index (κ2) is 7.34. The van der Waals surface area contributed by atoms with Gasteiger partial charge in [0.1, 0.15) is 0 Å². The van der Waals surface area contributed by atoms with Gasteiger partial charge < -0.3 is 15.5 Å². The van der Waals surface area contributed by atoms with Crippen LogP contribution >= 0.6 is 0 Å². The summed E-state index contributed by atoms with van der Waals surface area (Å²) in [6.07, 6.45) is 6.95. The standard InChI is InChI=1S/C17H31N3O2/c1-17(2,3)12-15(21)20-10-8-14(9-11-20)19-16(22)18-13-6-4-5-7-13/h13-14H,4-12H2,1-3H3,(H2,18,19,22). The summed E-state index contributed by atoms with van der Waals surface area (Å²) in [6.45, 7) is 7.78. The van der Waals surface area contributed by atoms with E-state index in [1.54, 1.807) is 0 Å². The molecule has 2 aliphatic rings. The summed E-state index contributed by atoms with van der Waals surface area (Å²) in [5.41, 5.74) is 0.0351. The first-order valence-electron chi connectivity index (χ1n) is 8.68. The molecule has 0 aromatic rings. The summed E-state index contributed by atoms with van der Waals surface area (Å²) < 4.78 is 0. The molecule has 1 aliphatic carbocycles. The number of piperidine rings is 1. The molecule has 1 saturated carbocycles. The van der Waals surface area contributed by atoms with Crippen LogP contribution < -0.4 is 10.6 Å². The van der Waals surface area contributed by atoms with Gasteiger partial charge in [0.2, 0.25) is 5.91 Å². The molecular weight excluding hydrogens is 278 g/mol. The zero-order chi connectivity index (χ0) is 16.2. The van der Waals surface area contributed by atoms with E-state index in [1.807, 2.05) is 4.90 Å². The number of nitrogens with zero attached hydrogens (tertiary/aromatic N) is 1. The van der Waals surface area contributed by atoms with Crippen LogP contribution in [-0.2, 0) is 4.79 Å². The third kappa shape index (κ3) is 5.50. The minimum Gasteiger partial charge on any atom is -0.343 e. The highest BCUT2D eigenvalue weighted by Gasteiger charge is 2.27. The van der Waals surface area contributed by atoms with Crippen LogP contribution in [0, 0.1) is 5.41 Å². The Morgan fingerprint density at radius 2 is 1.45 bits per heavy atom. The SMILES string of the molecule is CC(C)(C)CC(=O)N1CCC(NC(=O)NC2CCCC2)CC1. The predicted octanol–water partition coefficient (Wildman–Crippen LogP) is 2.66. The molecule has 22 heavy (non-hydrogen) atoms. The second-order valence-electron chi connectivity index (χ2n) is 7.99. The van der Waals surface area contributed by atoms with Gasteiger partial charge in [-0.3, -0.25) is 4.79 Å². The van der Waals surface area contributed by atoms with Crippen molar-refractivity contribution in [2.24, 2.45) is 5.41 Å². The fourth-order valence-electron chi connectivity index (χ4n) is 3.32. The number of carbonyl (C=O) groups excluding carboxylic acids is 2. The Morgan fingerprint density at radius 1 is 0.955 bits per heavy atom. The van der Waals surface area contributed by atoms with Gasteiger partial charge in [-0.05, 0) is 31.1 Å². The van der Waals surface area contributed by atoms with Crippen LogP contribution in [0.15, 0.2) is 0 Å². The molecule has 5 heteroatoms. The van der Waals surface area contributed by atoms with Gasteiger partial charge in [-0.2, -0.15) is 0 Å². The first kappa shape index (κ1) is 17.1. The Balaban J connectivity index is 1.68. The van der Waals surface area contributed by atoms with Crippen LogP contribution in [0.25, 0.3) is 0 Å². The number of carbonyl (C=O) groups is 2. The molecule has 3 amide bonds. The van der Waals surface area contributed by atoms with Crippen molar-refractivity contribution in [1.82, 2.24) is 15.5 Å². The minimum atomic E-state index is -0.0358. The number of nitrogens with one attached hydrogen (secondary N) is 2. The summed E-state index contributed by atoms with van der Waals surface area (Å²) in [5.74, 6) is 0.237. The van der Waals surface area contributed by atoms with Crippen molar-refractivity contribution in [3.05, 3.63) is 0 Å². The Labute approximate surface area is 134 Å². The van der Waals surface area contributed by atoms with Crippen molar-refractivity contribution in [2.45, 2.75) is 77.8 Å². The van der Waals surface area contributed by atoms with E-state index in [-0.39, 0.29) is 23.4 Å². The zero-order valence-corrected chi connectivity index (χ0v) is 14.3. The molecule has 0 atom stereocenters. The molecule has 126 valence electrons. The monoisotopic (exact) mass is 309 g/mol. The highest BCUT2D eigenvalue weighted by Crippen LogP contribution is 2.22. The predicted molar refractivity (Wildman–Crippen MR) is 87.6 cm³/mol. The van der Waals surface area contributed by atoms with Crippen molar-refractivity contribution >= 4 is 11.9 Å². The van der Waals surface area contributed by atoms with Gasteiger partial charge in [-0.1, -0.05) is 33.6 Å². The summed E-state index contributed by atoms with van der Waals surface area (Å²) in [7, 11) is 0. The van der Waals surface area contributed by atoms with E-state index in [0.29, 0.717) is 12.5 Å². The number of hydrogen-bond acceptors (Lipinski definition) is 2. The Morgan fingerprint density at radius 3 is 1.95 bits per heavy atom. The lowest BCUT2D eigenvalue weighted by Gasteiger charge is -2.34. The largest absolute Gasteiger partial charge is 0.343 e. The zero-order valence-electron chi connectivity index (χ0n) is 14.3. The molecule has 5 nitrogen and oxygen atoms in total. The number of rotatable bonds is 3. The molecule has 0 spiro atoms. The van der Waals surface area contributed by atoms with E-state index in [0.717, 1.165) is 38.8 Å². The highest BCUT2D eigenvalue weighted by atomic mass is 16.2. The van der Waals surface area contributed by atoms with Crippen LogP contribution in [-0.4, -0.2) is 42.0 Å². The molecule has 0 aromatic carbocycles. The number of hydrogen-bond donors (Lipinski definition) is 2. The number of amides is 3. The lowest BCUT2D eigenvalue weighted by molar-refractivity contribution is -0.134. The van der Waals surface area contributed by atoms with Crippen molar-refractivity contribution in [1.29, 1.82) is 0 Å². The number of urea groups is 1. The van der Waals surface area contributed by atoms with E-state index >= 15 is 0 Å². The maximum Gasteiger partial charge on any atom is 0.315 e. The molecule has 2 fully saturated rings. The third-order valence-electron chi connectivity index (χ3n) is 4.55. The Hall–Kier alpha value is -1.26. The molecule has 1 saturated heterocycles. The molecule has 1 heterocycles. The molecule has 2 rings (SSSR count). The van der Waals surface area contributed by atoms with E-state index in [2.05, 4.69) is 31.4 Å². The van der Waals surface area contributed by atoms with Crippen molar-refractivity contribution in [2.75, 3.05) is 13.1 Å². The first-order chi connectivity index (χ1) is 10.3. The van der Waals surface area contributed by atoms with E-state index in [1.165, 1.54) is 12.8 Å². The molecule has 2 N–H and O–H groups in total. The normalized spacial score (nSPS) is 21.0. The first-order valence-corrected chi connectivity index (χ1v) is 8.68. The molecular formula is C17H31N3O2. The molecule has 0 unspecified atom stereocenters. The Kier molecular flexibility index (Phi) is 5.70. The Bertz CT molecular complexity index is 389. The molecule has 1 aliphatic heterocycles. The molecule has 0 aromatic heterocycles. The third-order valence-corrected chi connectivity index (χ3v) is 4.55. The van der Waals surface area contributed by atoms with Gasteiger partial charge in [0.25, 0.3) is 0 Å². The summed E-state index contributed by atoms with van der Waals surface area (Å²) in [6, 6.07) is 0.514. The van der Waals surface area contributed by atoms with Gasteiger partial charge >= 0.3 is 6.03 Å². The van der Waals surface area contributed by atoms with Crippen molar-refractivity contribution in [3.8, 4) is 0 Å².